The van der Waals surface area contributed by atoms with E-state index in [1.165, 1.54) is 11.1 Å². The molecule has 3 nitrogen and oxygen atoms in total. The van der Waals surface area contributed by atoms with Crippen LogP contribution in [0.15, 0.2) is 36.7 Å². The second-order valence-corrected chi connectivity index (χ2v) is 5.41. The van der Waals surface area contributed by atoms with Crippen molar-refractivity contribution in [1.29, 1.82) is 0 Å². The number of aromatic amines is 1. The summed E-state index contributed by atoms with van der Waals surface area (Å²) in [4.78, 5) is 7.43. The summed E-state index contributed by atoms with van der Waals surface area (Å²) >= 11 is 0. The fourth-order valence-electron chi connectivity index (χ4n) is 2.23. The lowest BCUT2D eigenvalue weighted by Crippen LogP contribution is -2.23. The molecule has 2 rings (SSSR count). The average molecular weight is 257 g/mol. The van der Waals surface area contributed by atoms with Gasteiger partial charge >= 0.3 is 0 Å². The zero-order valence-corrected chi connectivity index (χ0v) is 12.1. The second kappa shape index (κ2) is 6.02. The number of H-pyrrole nitrogens is 1. The van der Waals surface area contributed by atoms with Crippen LogP contribution in [0.5, 0.6) is 0 Å². The van der Waals surface area contributed by atoms with E-state index in [4.69, 9.17) is 0 Å². The molecule has 0 saturated carbocycles. The number of hydrogen-bond donors (Lipinski definition) is 2. The zero-order valence-electron chi connectivity index (χ0n) is 12.1. The van der Waals surface area contributed by atoms with Crippen LogP contribution < -0.4 is 5.32 Å². The number of aromatic nitrogens is 2. The predicted molar refractivity (Wildman–Crippen MR) is 79.1 cm³/mol. The molecule has 2 aromatic rings. The number of imidazole rings is 1. The van der Waals surface area contributed by atoms with Gasteiger partial charge in [0.05, 0.1) is 6.04 Å². The molecular formula is C16H23N3. The van der Waals surface area contributed by atoms with Crippen LogP contribution in [0.4, 0.5) is 0 Å². The van der Waals surface area contributed by atoms with Gasteiger partial charge in [0.2, 0.25) is 0 Å². The summed E-state index contributed by atoms with van der Waals surface area (Å²) in [6, 6.07) is 9.38. The quantitative estimate of drug-likeness (QED) is 0.851. The molecule has 0 amide bonds. The Labute approximate surface area is 115 Å². The minimum atomic E-state index is 0.217. The van der Waals surface area contributed by atoms with Gasteiger partial charge in [-0.15, -0.1) is 0 Å². The standard InChI is InChI=1S/C16H23N3/c1-11(2)14-5-7-15(8-6-14)12(3)19-13(4)16-17-9-10-18-16/h5-13,19H,1-4H3,(H,17,18). The zero-order chi connectivity index (χ0) is 13.8. The molecule has 1 aromatic heterocycles. The predicted octanol–water partition coefficient (Wildman–Crippen LogP) is 3.94. The largest absolute Gasteiger partial charge is 0.347 e. The summed E-state index contributed by atoms with van der Waals surface area (Å²) in [5.41, 5.74) is 2.69. The van der Waals surface area contributed by atoms with Crippen LogP contribution in [0.2, 0.25) is 0 Å². The van der Waals surface area contributed by atoms with Crippen molar-refractivity contribution in [2.45, 2.75) is 45.7 Å². The molecule has 19 heavy (non-hydrogen) atoms. The molecule has 0 radical (unpaired) electrons. The first-order valence-corrected chi connectivity index (χ1v) is 6.93. The number of rotatable bonds is 5. The summed E-state index contributed by atoms with van der Waals surface area (Å²) in [5, 5.41) is 3.55. The van der Waals surface area contributed by atoms with Gasteiger partial charge in [-0.3, -0.25) is 0 Å². The normalized spacial score (nSPS) is 14.6. The molecule has 0 aliphatic rings. The van der Waals surface area contributed by atoms with Crippen molar-refractivity contribution in [3.63, 3.8) is 0 Å². The maximum absolute atomic E-state index is 4.28. The van der Waals surface area contributed by atoms with Crippen LogP contribution in [0.25, 0.3) is 0 Å². The van der Waals surface area contributed by atoms with Crippen molar-refractivity contribution >= 4 is 0 Å². The number of hydrogen-bond acceptors (Lipinski definition) is 2. The number of nitrogens with one attached hydrogen (secondary N) is 2. The Morgan fingerprint density at radius 1 is 0.947 bits per heavy atom. The Morgan fingerprint density at radius 2 is 1.58 bits per heavy atom. The Morgan fingerprint density at radius 3 is 2.11 bits per heavy atom. The van der Waals surface area contributed by atoms with E-state index < -0.39 is 0 Å². The van der Waals surface area contributed by atoms with Crippen LogP contribution in [0.3, 0.4) is 0 Å². The molecule has 0 saturated heterocycles. The van der Waals surface area contributed by atoms with Crippen LogP contribution >= 0.6 is 0 Å². The SMILES string of the molecule is CC(C)c1ccc(C(C)NC(C)c2ncc[nH]2)cc1. The minimum absolute atomic E-state index is 0.217. The van der Waals surface area contributed by atoms with Gasteiger partial charge in [0.15, 0.2) is 0 Å². The molecule has 0 aliphatic carbocycles. The molecule has 0 aliphatic heterocycles. The highest BCUT2D eigenvalue weighted by Gasteiger charge is 2.12. The van der Waals surface area contributed by atoms with Crippen LogP contribution in [-0.4, -0.2) is 9.97 Å². The fraction of sp³-hybridized carbons (Fsp3) is 0.438. The minimum Gasteiger partial charge on any atom is -0.347 e. The molecule has 102 valence electrons. The summed E-state index contributed by atoms with van der Waals surface area (Å²) in [5.74, 6) is 1.56. The van der Waals surface area contributed by atoms with Gasteiger partial charge in [0.25, 0.3) is 0 Å². The molecule has 2 atom stereocenters. The van der Waals surface area contributed by atoms with Gasteiger partial charge in [0, 0.05) is 18.4 Å². The average Bonchev–Trinajstić information content (AvgIpc) is 2.92. The van der Waals surface area contributed by atoms with E-state index in [-0.39, 0.29) is 6.04 Å². The van der Waals surface area contributed by atoms with Crippen LogP contribution in [0, 0.1) is 0 Å². The van der Waals surface area contributed by atoms with E-state index in [1.807, 2.05) is 6.20 Å². The van der Waals surface area contributed by atoms with Crippen molar-refractivity contribution in [3.8, 4) is 0 Å². The Kier molecular flexibility index (Phi) is 4.38. The molecule has 1 aromatic carbocycles. The first-order chi connectivity index (χ1) is 9.08. The Hall–Kier alpha value is -1.61. The molecule has 1 heterocycles. The first kappa shape index (κ1) is 13.8. The summed E-state index contributed by atoms with van der Waals surface area (Å²) < 4.78 is 0. The molecule has 2 unspecified atom stereocenters. The van der Waals surface area contributed by atoms with Crippen LogP contribution in [-0.2, 0) is 0 Å². The van der Waals surface area contributed by atoms with E-state index in [2.05, 4.69) is 67.2 Å². The van der Waals surface area contributed by atoms with Crippen molar-refractivity contribution < 1.29 is 0 Å². The smallest absolute Gasteiger partial charge is 0.122 e. The highest BCUT2D eigenvalue weighted by atomic mass is 15.0. The van der Waals surface area contributed by atoms with E-state index in [9.17, 15) is 0 Å². The number of nitrogens with zero attached hydrogens (tertiary/aromatic N) is 1. The van der Waals surface area contributed by atoms with Crippen LogP contribution in [0.1, 0.15) is 62.6 Å². The third kappa shape index (κ3) is 3.44. The van der Waals surface area contributed by atoms with E-state index in [0.29, 0.717) is 12.0 Å². The van der Waals surface area contributed by atoms with Gasteiger partial charge in [-0.1, -0.05) is 38.1 Å². The molecule has 0 spiro atoms. The van der Waals surface area contributed by atoms with Gasteiger partial charge in [0.1, 0.15) is 5.82 Å². The third-order valence-electron chi connectivity index (χ3n) is 3.53. The molecular weight excluding hydrogens is 234 g/mol. The second-order valence-electron chi connectivity index (χ2n) is 5.41. The highest BCUT2D eigenvalue weighted by molar-refractivity contribution is 5.26. The van der Waals surface area contributed by atoms with Gasteiger partial charge < -0.3 is 10.3 Å². The number of benzene rings is 1. The topological polar surface area (TPSA) is 40.7 Å². The summed E-state index contributed by atoms with van der Waals surface area (Å²) in [6.45, 7) is 8.74. The molecule has 0 bridgehead atoms. The Balaban J connectivity index is 2.01. The van der Waals surface area contributed by atoms with Gasteiger partial charge in [-0.2, -0.15) is 0 Å². The van der Waals surface area contributed by atoms with E-state index in [1.54, 1.807) is 6.20 Å². The monoisotopic (exact) mass is 257 g/mol. The van der Waals surface area contributed by atoms with Crippen molar-refractivity contribution in [2.75, 3.05) is 0 Å². The summed E-state index contributed by atoms with van der Waals surface area (Å²) in [6.07, 6.45) is 3.64. The van der Waals surface area contributed by atoms with E-state index in [0.717, 1.165) is 5.82 Å². The lowest BCUT2D eigenvalue weighted by molar-refractivity contribution is 0.479. The molecule has 2 N–H and O–H groups in total. The third-order valence-corrected chi connectivity index (χ3v) is 3.53. The van der Waals surface area contributed by atoms with Crippen molar-refractivity contribution in [1.82, 2.24) is 15.3 Å². The Bertz CT molecular complexity index is 485. The first-order valence-electron chi connectivity index (χ1n) is 6.93. The maximum Gasteiger partial charge on any atom is 0.122 e. The fourth-order valence-corrected chi connectivity index (χ4v) is 2.23. The van der Waals surface area contributed by atoms with Gasteiger partial charge in [-0.25, -0.2) is 4.98 Å². The lowest BCUT2D eigenvalue weighted by Gasteiger charge is -2.19. The maximum atomic E-state index is 4.28. The lowest BCUT2D eigenvalue weighted by atomic mass is 9.99. The molecule has 0 fully saturated rings. The van der Waals surface area contributed by atoms with E-state index >= 15 is 0 Å². The van der Waals surface area contributed by atoms with Crippen molar-refractivity contribution in [3.05, 3.63) is 53.6 Å². The van der Waals surface area contributed by atoms with Gasteiger partial charge in [-0.05, 0) is 30.9 Å². The highest BCUT2D eigenvalue weighted by Crippen LogP contribution is 2.20. The van der Waals surface area contributed by atoms with Crippen molar-refractivity contribution in [2.24, 2.45) is 0 Å². The summed E-state index contributed by atoms with van der Waals surface area (Å²) in [7, 11) is 0. The molecule has 3 heteroatoms.